The lowest BCUT2D eigenvalue weighted by Crippen LogP contribution is -2.19. The minimum Gasteiger partial charge on any atom is -0.348 e. The lowest BCUT2D eigenvalue weighted by Gasteiger charge is -1.98. The van der Waals surface area contributed by atoms with Crippen LogP contribution < -0.4 is 5.32 Å². The maximum Gasteiger partial charge on any atom is 0.269 e. The Balaban J connectivity index is 1.88. The van der Waals surface area contributed by atoms with Crippen LogP contribution in [0.4, 0.5) is 5.69 Å². The number of carbonyl (C=O) groups is 1. The van der Waals surface area contributed by atoms with Crippen molar-refractivity contribution in [3.8, 4) is 0 Å². The Bertz CT molecular complexity index is 618. The maximum absolute atomic E-state index is 11.5. The molecule has 0 fully saturated rings. The van der Waals surface area contributed by atoms with Gasteiger partial charge in [0.2, 0.25) is 5.91 Å². The van der Waals surface area contributed by atoms with Gasteiger partial charge in [-0.3, -0.25) is 20.0 Å². The zero-order chi connectivity index (χ0) is 14.4. The Labute approximate surface area is 114 Å². The van der Waals surface area contributed by atoms with Crippen molar-refractivity contribution in [2.24, 2.45) is 0 Å². The molecule has 0 radical (unpaired) electrons. The Kier molecular flexibility index (Phi) is 4.23. The molecule has 2 rings (SSSR count). The molecule has 0 atom stereocenters. The summed E-state index contributed by atoms with van der Waals surface area (Å²) in [6.45, 7) is 0.389. The molecule has 0 aliphatic carbocycles. The Hall–Kier alpha value is -2.96. The van der Waals surface area contributed by atoms with Crippen molar-refractivity contribution in [3.05, 3.63) is 64.0 Å². The highest BCUT2D eigenvalue weighted by Crippen LogP contribution is 2.12. The average Bonchev–Trinajstić information content (AvgIpc) is 2.96. The van der Waals surface area contributed by atoms with E-state index in [0.717, 1.165) is 5.56 Å². The minimum atomic E-state index is -0.467. The van der Waals surface area contributed by atoms with Gasteiger partial charge in [0.15, 0.2) is 0 Å². The number of hydrogen-bond acceptors (Lipinski definition) is 4. The predicted molar refractivity (Wildman–Crippen MR) is 72.6 cm³/mol. The van der Waals surface area contributed by atoms with Crippen LogP contribution in [-0.2, 0) is 11.3 Å². The number of benzene rings is 1. The van der Waals surface area contributed by atoms with Gasteiger partial charge in [0, 0.05) is 36.5 Å². The molecule has 102 valence electrons. The molecule has 7 nitrogen and oxygen atoms in total. The fourth-order valence-corrected chi connectivity index (χ4v) is 1.50. The molecule has 0 aliphatic rings. The molecule has 20 heavy (non-hydrogen) atoms. The summed E-state index contributed by atoms with van der Waals surface area (Å²) in [5.74, 6) is -0.246. The number of H-pyrrole nitrogens is 1. The van der Waals surface area contributed by atoms with Crippen molar-refractivity contribution in [3.63, 3.8) is 0 Å². The fourth-order valence-electron chi connectivity index (χ4n) is 1.50. The minimum absolute atomic E-state index is 0.0200. The van der Waals surface area contributed by atoms with Crippen LogP contribution in [0.25, 0.3) is 6.08 Å². The number of nitrogens with zero attached hydrogens (tertiary/aromatic N) is 2. The molecule has 1 aromatic carbocycles. The van der Waals surface area contributed by atoms with Crippen molar-refractivity contribution in [1.29, 1.82) is 0 Å². The number of hydrogen-bond donors (Lipinski definition) is 2. The smallest absolute Gasteiger partial charge is 0.269 e. The molecule has 0 saturated heterocycles. The summed E-state index contributed by atoms with van der Waals surface area (Å²) in [5.41, 5.74) is 1.61. The monoisotopic (exact) mass is 272 g/mol. The number of nitro groups is 1. The van der Waals surface area contributed by atoms with E-state index in [9.17, 15) is 14.9 Å². The molecule has 2 aromatic rings. The number of nitrogens with one attached hydrogen (secondary N) is 2. The third kappa shape index (κ3) is 3.77. The van der Waals surface area contributed by atoms with E-state index in [2.05, 4.69) is 15.5 Å². The van der Waals surface area contributed by atoms with Gasteiger partial charge in [0.1, 0.15) is 0 Å². The van der Waals surface area contributed by atoms with Gasteiger partial charge in [-0.1, -0.05) is 0 Å². The first-order chi connectivity index (χ1) is 9.65. The second-order valence-electron chi connectivity index (χ2n) is 4.01. The molecule has 1 aromatic heterocycles. The van der Waals surface area contributed by atoms with Crippen LogP contribution in [0.3, 0.4) is 0 Å². The van der Waals surface area contributed by atoms with Gasteiger partial charge in [-0.2, -0.15) is 5.10 Å². The predicted octanol–water partition coefficient (Wildman–Crippen LogP) is 1.65. The Morgan fingerprint density at radius 1 is 1.40 bits per heavy atom. The van der Waals surface area contributed by atoms with Gasteiger partial charge >= 0.3 is 0 Å². The topological polar surface area (TPSA) is 101 Å². The number of non-ortho nitro benzene ring substituents is 1. The number of aromatic amines is 1. The standard InChI is InChI=1S/C13H12N4O3/c18-13(14-7-11-8-15-16-9-11)6-3-10-1-4-12(5-2-10)17(19)20/h1-6,8-9H,7H2,(H,14,18)(H,15,16)/b6-3+. The van der Waals surface area contributed by atoms with Gasteiger partial charge < -0.3 is 5.32 Å². The van der Waals surface area contributed by atoms with Crippen LogP contribution in [0.1, 0.15) is 11.1 Å². The van der Waals surface area contributed by atoms with Gasteiger partial charge in [0.25, 0.3) is 5.69 Å². The summed E-state index contributed by atoms with van der Waals surface area (Å²) in [4.78, 5) is 21.6. The van der Waals surface area contributed by atoms with E-state index in [0.29, 0.717) is 12.1 Å². The first-order valence-corrected chi connectivity index (χ1v) is 5.83. The van der Waals surface area contributed by atoms with Gasteiger partial charge in [-0.15, -0.1) is 0 Å². The van der Waals surface area contributed by atoms with Crippen molar-refractivity contribution in [2.75, 3.05) is 0 Å². The maximum atomic E-state index is 11.5. The van der Waals surface area contributed by atoms with E-state index < -0.39 is 4.92 Å². The van der Waals surface area contributed by atoms with Crippen LogP contribution in [0.2, 0.25) is 0 Å². The summed E-state index contributed by atoms with van der Waals surface area (Å²) in [5, 5.41) is 19.6. The van der Waals surface area contributed by atoms with Crippen molar-refractivity contribution < 1.29 is 9.72 Å². The Morgan fingerprint density at radius 3 is 2.75 bits per heavy atom. The molecular formula is C13H12N4O3. The zero-order valence-corrected chi connectivity index (χ0v) is 10.4. The molecule has 0 bridgehead atoms. The van der Waals surface area contributed by atoms with E-state index in [1.54, 1.807) is 30.6 Å². The molecular weight excluding hydrogens is 260 g/mol. The van der Waals surface area contributed by atoms with Crippen molar-refractivity contribution >= 4 is 17.7 Å². The largest absolute Gasteiger partial charge is 0.348 e. The third-order valence-electron chi connectivity index (χ3n) is 2.55. The van der Waals surface area contributed by atoms with E-state index in [4.69, 9.17) is 0 Å². The summed E-state index contributed by atoms with van der Waals surface area (Å²) >= 11 is 0. The zero-order valence-electron chi connectivity index (χ0n) is 10.4. The lowest BCUT2D eigenvalue weighted by atomic mass is 10.2. The summed E-state index contributed by atoms with van der Waals surface area (Å²) in [7, 11) is 0. The second-order valence-corrected chi connectivity index (χ2v) is 4.01. The Morgan fingerprint density at radius 2 is 2.15 bits per heavy atom. The molecule has 7 heteroatoms. The van der Waals surface area contributed by atoms with Crippen LogP contribution in [0, 0.1) is 10.1 Å². The van der Waals surface area contributed by atoms with Gasteiger partial charge in [-0.05, 0) is 23.8 Å². The quantitative estimate of drug-likeness (QED) is 0.491. The lowest BCUT2D eigenvalue weighted by molar-refractivity contribution is -0.384. The molecule has 2 N–H and O–H groups in total. The number of nitro benzene ring substituents is 1. The van der Waals surface area contributed by atoms with Crippen LogP contribution in [-0.4, -0.2) is 21.0 Å². The fraction of sp³-hybridized carbons (Fsp3) is 0.0769. The SMILES string of the molecule is O=C(/C=C/c1ccc([N+](=O)[O-])cc1)NCc1cn[nH]c1. The number of carbonyl (C=O) groups excluding carboxylic acids is 1. The van der Waals surface area contributed by atoms with Gasteiger partial charge in [-0.25, -0.2) is 0 Å². The van der Waals surface area contributed by atoms with Crippen LogP contribution in [0.5, 0.6) is 0 Å². The van der Waals surface area contributed by atoms with E-state index in [1.807, 2.05) is 0 Å². The first-order valence-electron chi connectivity index (χ1n) is 5.83. The first kappa shape index (κ1) is 13.5. The van der Waals surface area contributed by atoms with Gasteiger partial charge in [0.05, 0.1) is 11.1 Å². The normalized spacial score (nSPS) is 10.6. The molecule has 0 spiro atoms. The molecule has 0 aliphatic heterocycles. The van der Waals surface area contributed by atoms with E-state index in [-0.39, 0.29) is 11.6 Å². The third-order valence-corrected chi connectivity index (χ3v) is 2.55. The molecule has 1 heterocycles. The average molecular weight is 272 g/mol. The second kappa shape index (κ2) is 6.28. The highest BCUT2D eigenvalue weighted by molar-refractivity contribution is 5.91. The summed E-state index contributed by atoms with van der Waals surface area (Å²) in [6.07, 6.45) is 6.29. The van der Waals surface area contributed by atoms with Crippen LogP contribution >= 0.6 is 0 Å². The molecule has 1 amide bonds. The van der Waals surface area contributed by atoms with Crippen LogP contribution in [0.15, 0.2) is 42.7 Å². The summed E-state index contributed by atoms with van der Waals surface area (Å²) < 4.78 is 0. The summed E-state index contributed by atoms with van der Waals surface area (Å²) in [6, 6.07) is 5.95. The highest BCUT2D eigenvalue weighted by Gasteiger charge is 2.02. The highest BCUT2D eigenvalue weighted by atomic mass is 16.6. The number of rotatable bonds is 5. The van der Waals surface area contributed by atoms with Crippen molar-refractivity contribution in [1.82, 2.24) is 15.5 Å². The van der Waals surface area contributed by atoms with E-state index in [1.165, 1.54) is 18.2 Å². The number of aromatic nitrogens is 2. The van der Waals surface area contributed by atoms with E-state index >= 15 is 0 Å². The molecule has 0 unspecified atom stereocenters. The molecule has 0 saturated carbocycles. The van der Waals surface area contributed by atoms with Crippen molar-refractivity contribution in [2.45, 2.75) is 6.54 Å². The number of amides is 1.